The number of hydrogen-bond acceptors (Lipinski definition) is 7. The van der Waals surface area contributed by atoms with Crippen molar-refractivity contribution in [1.29, 1.82) is 0 Å². The van der Waals surface area contributed by atoms with E-state index in [1.807, 2.05) is 18.2 Å². The molecule has 0 aliphatic rings. The Morgan fingerprint density at radius 2 is 1.72 bits per heavy atom. The van der Waals surface area contributed by atoms with Gasteiger partial charge in [0, 0.05) is 38.3 Å². The third kappa shape index (κ3) is 6.47. The van der Waals surface area contributed by atoms with Crippen molar-refractivity contribution in [2.75, 3.05) is 7.05 Å². The number of hydrogen-bond donors (Lipinski definition) is 3. The third-order valence-corrected chi connectivity index (χ3v) is 7.76. The predicted molar refractivity (Wildman–Crippen MR) is 131 cm³/mol. The first kappa shape index (κ1) is 26.9. The van der Waals surface area contributed by atoms with Crippen LogP contribution in [0.3, 0.4) is 0 Å². The van der Waals surface area contributed by atoms with Gasteiger partial charge in [-0.3, -0.25) is 19.8 Å². The standard InChI is InChI=1S/C24H28N4O7S/c1-3-17(16-28-14-13-22(29)25-24(28)31)21(15-23(30)26-32)27(2)36(33,34)20-11-9-19(10-12-20)35-18-7-5-4-6-8-18/h4-14,17,21,32H,3,15-16H2,1-2H3,(H,26,30)(H,25,29,31). The zero-order valence-electron chi connectivity index (χ0n) is 19.8. The van der Waals surface area contributed by atoms with Crippen LogP contribution in [0.2, 0.25) is 0 Å². The SMILES string of the molecule is CCC(Cn1ccc(=O)[nH]c1=O)C(CC(=O)NO)N(C)S(=O)(=O)c1ccc(Oc2ccccc2)cc1. The molecule has 0 spiro atoms. The Balaban J connectivity index is 1.88. The molecule has 1 aromatic heterocycles. The maximum Gasteiger partial charge on any atom is 0.328 e. The molecule has 0 bridgehead atoms. The van der Waals surface area contributed by atoms with E-state index >= 15 is 0 Å². The molecular formula is C24H28N4O7S. The molecular weight excluding hydrogens is 488 g/mol. The molecule has 1 amide bonds. The van der Waals surface area contributed by atoms with Crippen molar-refractivity contribution in [2.24, 2.45) is 5.92 Å². The van der Waals surface area contributed by atoms with Crippen molar-refractivity contribution in [3.8, 4) is 11.5 Å². The summed E-state index contributed by atoms with van der Waals surface area (Å²) in [5, 5.41) is 9.08. The Hall–Kier alpha value is -3.74. The van der Waals surface area contributed by atoms with E-state index in [0.29, 0.717) is 17.9 Å². The number of nitrogens with zero attached hydrogens (tertiary/aromatic N) is 2. The minimum absolute atomic E-state index is 0.0177. The molecule has 0 radical (unpaired) electrons. The summed E-state index contributed by atoms with van der Waals surface area (Å²) >= 11 is 0. The van der Waals surface area contributed by atoms with E-state index in [-0.39, 0.29) is 17.9 Å². The van der Waals surface area contributed by atoms with Crippen molar-refractivity contribution >= 4 is 15.9 Å². The number of hydroxylamine groups is 1. The summed E-state index contributed by atoms with van der Waals surface area (Å²) in [6.45, 7) is 1.83. The summed E-state index contributed by atoms with van der Waals surface area (Å²) in [4.78, 5) is 37.8. The number of rotatable bonds is 11. The van der Waals surface area contributed by atoms with E-state index in [1.165, 1.54) is 48.1 Å². The highest BCUT2D eigenvalue weighted by Crippen LogP contribution is 2.28. The Bertz CT molecular complexity index is 1390. The smallest absolute Gasteiger partial charge is 0.328 e. The molecule has 3 N–H and O–H groups in total. The lowest BCUT2D eigenvalue weighted by Gasteiger charge is -2.33. The molecule has 12 heteroatoms. The average molecular weight is 517 g/mol. The third-order valence-electron chi connectivity index (χ3n) is 5.86. The fourth-order valence-electron chi connectivity index (χ4n) is 3.84. The van der Waals surface area contributed by atoms with Crippen molar-refractivity contribution in [1.82, 2.24) is 19.3 Å². The van der Waals surface area contributed by atoms with Crippen LogP contribution < -0.4 is 21.5 Å². The highest BCUT2D eigenvalue weighted by molar-refractivity contribution is 7.89. The van der Waals surface area contributed by atoms with Gasteiger partial charge in [0.25, 0.3) is 5.56 Å². The molecule has 3 rings (SSSR count). The Kier molecular flexibility index (Phi) is 8.80. The highest BCUT2D eigenvalue weighted by Gasteiger charge is 2.34. The van der Waals surface area contributed by atoms with Crippen LogP contribution in [0, 0.1) is 5.92 Å². The van der Waals surface area contributed by atoms with E-state index in [2.05, 4.69) is 4.98 Å². The van der Waals surface area contributed by atoms with Crippen LogP contribution >= 0.6 is 0 Å². The lowest BCUT2D eigenvalue weighted by atomic mass is 9.94. The van der Waals surface area contributed by atoms with E-state index in [9.17, 15) is 22.8 Å². The van der Waals surface area contributed by atoms with Crippen LogP contribution in [0.5, 0.6) is 11.5 Å². The lowest BCUT2D eigenvalue weighted by Crippen LogP contribution is -2.46. The van der Waals surface area contributed by atoms with E-state index in [1.54, 1.807) is 24.5 Å². The first-order chi connectivity index (χ1) is 17.1. The maximum atomic E-state index is 13.5. The second-order valence-corrected chi connectivity index (χ2v) is 10.1. The van der Waals surface area contributed by atoms with Gasteiger partial charge in [0.05, 0.1) is 4.90 Å². The quantitative estimate of drug-likeness (QED) is 0.260. The number of aromatic amines is 1. The second kappa shape index (κ2) is 11.8. The number of aromatic nitrogens is 2. The topological polar surface area (TPSA) is 151 Å². The summed E-state index contributed by atoms with van der Waals surface area (Å²) in [5.41, 5.74) is 0.338. The zero-order chi connectivity index (χ0) is 26.3. The molecule has 2 aromatic carbocycles. The number of benzene rings is 2. The largest absolute Gasteiger partial charge is 0.457 e. The minimum Gasteiger partial charge on any atom is -0.457 e. The molecule has 0 saturated carbocycles. The van der Waals surface area contributed by atoms with Crippen LogP contribution in [0.4, 0.5) is 0 Å². The zero-order valence-corrected chi connectivity index (χ0v) is 20.6. The van der Waals surface area contributed by atoms with Crippen molar-refractivity contribution in [3.05, 3.63) is 87.7 Å². The van der Waals surface area contributed by atoms with Gasteiger partial charge >= 0.3 is 5.69 Å². The molecule has 36 heavy (non-hydrogen) atoms. The number of sulfonamides is 1. The Morgan fingerprint density at radius 1 is 1.08 bits per heavy atom. The molecule has 0 saturated heterocycles. The summed E-state index contributed by atoms with van der Waals surface area (Å²) < 4.78 is 35.0. The van der Waals surface area contributed by atoms with Gasteiger partial charge in [0.1, 0.15) is 11.5 Å². The lowest BCUT2D eigenvalue weighted by molar-refractivity contribution is -0.130. The number of para-hydroxylation sites is 1. The summed E-state index contributed by atoms with van der Waals surface area (Å²) in [6.07, 6.45) is 1.36. The van der Waals surface area contributed by atoms with Gasteiger partial charge in [-0.15, -0.1) is 0 Å². The number of ether oxygens (including phenoxy) is 1. The molecule has 192 valence electrons. The summed E-state index contributed by atoms with van der Waals surface area (Å²) in [5.74, 6) is -0.237. The molecule has 0 fully saturated rings. The second-order valence-electron chi connectivity index (χ2n) is 8.15. The Labute approximate surface area is 208 Å². The van der Waals surface area contributed by atoms with Crippen molar-refractivity contribution < 1.29 is 23.2 Å². The summed E-state index contributed by atoms with van der Waals surface area (Å²) in [7, 11) is -2.73. The fourth-order valence-corrected chi connectivity index (χ4v) is 5.26. The molecule has 3 aromatic rings. The molecule has 0 aliphatic heterocycles. The maximum absolute atomic E-state index is 13.5. The van der Waals surface area contributed by atoms with Crippen molar-refractivity contribution in [3.63, 3.8) is 0 Å². The van der Waals surface area contributed by atoms with Gasteiger partial charge in [-0.25, -0.2) is 18.7 Å². The van der Waals surface area contributed by atoms with E-state index in [0.717, 1.165) is 4.31 Å². The van der Waals surface area contributed by atoms with Crippen LogP contribution in [0.25, 0.3) is 0 Å². The number of carbonyl (C=O) groups is 1. The van der Waals surface area contributed by atoms with Crippen LogP contribution in [-0.2, 0) is 21.4 Å². The van der Waals surface area contributed by atoms with Crippen molar-refractivity contribution in [2.45, 2.75) is 37.2 Å². The first-order valence-corrected chi connectivity index (χ1v) is 12.6. The van der Waals surface area contributed by atoms with Gasteiger partial charge in [0.15, 0.2) is 0 Å². The van der Waals surface area contributed by atoms with Gasteiger partial charge in [0.2, 0.25) is 15.9 Å². The number of nitrogens with one attached hydrogen (secondary N) is 2. The fraction of sp³-hybridized carbons (Fsp3) is 0.292. The predicted octanol–water partition coefficient (Wildman–Crippen LogP) is 1.94. The number of H-pyrrole nitrogens is 1. The monoisotopic (exact) mass is 516 g/mol. The van der Waals surface area contributed by atoms with Gasteiger partial charge < -0.3 is 9.30 Å². The Morgan fingerprint density at radius 3 is 2.31 bits per heavy atom. The molecule has 1 heterocycles. The van der Waals surface area contributed by atoms with Crippen LogP contribution in [0.15, 0.2) is 81.3 Å². The first-order valence-electron chi connectivity index (χ1n) is 11.2. The van der Waals surface area contributed by atoms with E-state index in [4.69, 9.17) is 9.94 Å². The molecule has 11 nitrogen and oxygen atoms in total. The van der Waals surface area contributed by atoms with E-state index < -0.39 is 39.1 Å². The number of carbonyl (C=O) groups excluding carboxylic acids is 1. The van der Waals surface area contributed by atoms with Gasteiger partial charge in [-0.1, -0.05) is 31.5 Å². The van der Waals surface area contributed by atoms with Gasteiger partial charge in [-0.05, 0) is 42.3 Å². The van der Waals surface area contributed by atoms with Crippen LogP contribution in [-0.4, -0.2) is 46.5 Å². The highest BCUT2D eigenvalue weighted by atomic mass is 32.2. The van der Waals surface area contributed by atoms with Gasteiger partial charge in [-0.2, -0.15) is 4.31 Å². The minimum atomic E-state index is -4.07. The normalized spacial score (nSPS) is 13.2. The number of amides is 1. The molecule has 2 atom stereocenters. The van der Waals surface area contributed by atoms with Crippen LogP contribution in [0.1, 0.15) is 19.8 Å². The molecule has 0 aliphatic carbocycles. The average Bonchev–Trinajstić information content (AvgIpc) is 2.87. The summed E-state index contributed by atoms with van der Waals surface area (Å²) in [6, 6.07) is 15.2. The molecule has 2 unspecified atom stereocenters.